The summed E-state index contributed by atoms with van der Waals surface area (Å²) in [6.45, 7) is 3.62. The molecule has 1 saturated heterocycles. The second-order valence-electron chi connectivity index (χ2n) is 3.82. The summed E-state index contributed by atoms with van der Waals surface area (Å²) in [4.78, 5) is 22.4. The Kier molecular flexibility index (Phi) is 2.95. The number of hydrogen-bond donors (Lipinski definition) is 0. The second kappa shape index (κ2) is 4.41. The molecule has 1 atom stereocenters. The number of methoxy groups -OCH3 is 1. The maximum absolute atomic E-state index is 11.2. The normalized spacial score (nSPS) is 19.0. The molecule has 0 saturated carbocycles. The minimum absolute atomic E-state index is 0.290. The third kappa shape index (κ3) is 2.20. The fourth-order valence-electron chi connectivity index (χ4n) is 1.70. The van der Waals surface area contributed by atoms with Gasteiger partial charge in [-0.3, -0.25) is 0 Å². The van der Waals surface area contributed by atoms with Crippen molar-refractivity contribution in [3.05, 3.63) is 47.5 Å². The number of carbonyl (C=O) groups excluding carboxylic acids is 2. The van der Waals surface area contributed by atoms with Gasteiger partial charge in [-0.1, -0.05) is 18.7 Å². The number of ether oxygens (including phenoxy) is 2. The first-order chi connectivity index (χ1) is 8.11. The predicted molar refractivity (Wildman–Crippen MR) is 60.4 cm³/mol. The van der Waals surface area contributed by atoms with E-state index in [0.717, 1.165) is 5.56 Å². The summed E-state index contributed by atoms with van der Waals surface area (Å²) in [6.07, 6.45) is 0.206. The lowest BCUT2D eigenvalue weighted by molar-refractivity contribution is -0.139. The van der Waals surface area contributed by atoms with Crippen LogP contribution >= 0.6 is 0 Å². The van der Waals surface area contributed by atoms with E-state index in [1.54, 1.807) is 24.3 Å². The average Bonchev–Trinajstić information content (AvgIpc) is 2.69. The molecule has 0 N–H and O–H groups in total. The van der Waals surface area contributed by atoms with Gasteiger partial charge in [-0.15, -0.1) is 0 Å². The maximum Gasteiger partial charge on any atom is 0.337 e. The van der Waals surface area contributed by atoms with Crippen LogP contribution in [0.3, 0.4) is 0 Å². The van der Waals surface area contributed by atoms with Crippen LogP contribution < -0.4 is 0 Å². The van der Waals surface area contributed by atoms with E-state index in [1.807, 2.05) is 0 Å². The van der Waals surface area contributed by atoms with E-state index in [4.69, 9.17) is 4.74 Å². The van der Waals surface area contributed by atoms with E-state index in [9.17, 15) is 9.59 Å². The van der Waals surface area contributed by atoms with E-state index in [1.165, 1.54) is 7.11 Å². The van der Waals surface area contributed by atoms with Gasteiger partial charge in [-0.05, 0) is 17.7 Å². The summed E-state index contributed by atoms with van der Waals surface area (Å²) < 4.78 is 9.73. The van der Waals surface area contributed by atoms with Crippen molar-refractivity contribution in [1.82, 2.24) is 0 Å². The van der Waals surface area contributed by atoms with Crippen molar-refractivity contribution < 1.29 is 19.1 Å². The predicted octanol–water partition coefficient (Wildman–Crippen LogP) is 2.02. The van der Waals surface area contributed by atoms with Crippen LogP contribution in [0.1, 0.15) is 28.4 Å². The molecular formula is C13H12O4. The molecule has 17 heavy (non-hydrogen) atoms. The topological polar surface area (TPSA) is 52.6 Å². The lowest BCUT2D eigenvalue weighted by atomic mass is 10.0. The highest BCUT2D eigenvalue weighted by atomic mass is 16.5. The largest absolute Gasteiger partial charge is 0.465 e. The van der Waals surface area contributed by atoms with Gasteiger partial charge in [0, 0.05) is 12.0 Å². The first-order valence-electron chi connectivity index (χ1n) is 5.19. The van der Waals surface area contributed by atoms with Crippen LogP contribution in [0.4, 0.5) is 0 Å². The van der Waals surface area contributed by atoms with Crippen molar-refractivity contribution in [3.8, 4) is 0 Å². The fraction of sp³-hybridized carbons (Fsp3) is 0.231. The zero-order valence-electron chi connectivity index (χ0n) is 9.43. The van der Waals surface area contributed by atoms with E-state index in [0.29, 0.717) is 17.6 Å². The van der Waals surface area contributed by atoms with E-state index >= 15 is 0 Å². The van der Waals surface area contributed by atoms with Gasteiger partial charge < -0.3 is 9.47 Å². The Morgan fingerprint density at radius 3 is 2.53 bits per heavy atom. The Morgan fingerprint density at radius 1 is 1.41 bits per heavy atom. The summed E-state index contributed by atoms with van der Waals surface area (Å²) >= 11 is 0. The van der Waals surface area contributed by atoms with Crippen LogP contribution in [0.5, 0.6) is 0 Å². The standard InChI is InChI=1S/C13H12O4/c1-8-7-11(17-12(8)14)9-3-5-10(6-4-9)13(15)16-2/h3-6,11H,1,7H2,2H3. The Balaban J connectivity index is 2.16. The monoisotopic (exact) mass is 232 g/mol. The number of carbonyl (C=O) groups is 2. The summed E-state index contributed by atoms with van der Waals surface area (Å²) in [6, 6.07) is 6.80. The minimum Gasteiger partial charge on any atom is -0.465 e. The van der Waals surface area contributed by atoms with Crippen molar-refractivity contribution >= 4 is 11.9 Å². The summed E-state index contributed by atoms with van der Waals surface area (Å²) in [5, 5.41) is 0. The molecule has 1 aliphatic rings. The summed E-state index contributed by atoms with van der Waals surface area (Å²) in [5.74, 6) is -0.739. The highest BCUT2D eigenvalue weighted by molar-refractivity contribution is 5.90. The first-order valence-corrected chi connectivity index (χ1v) is 5.19. The molecule has 1 aliphatic heterocycles. The zero-order valence-corrected chi connectivity index (χ0v) is 9.43. The minimum atomic E-state index is -0.385. The zero-order chi connectivity index (χ0) is 12.4. The highest BCUT2D eigenvalue weighted by Crippen LogP contribution is 2.32. The number of esters is 2. The molecule has 0 aromatic heterocycles. The fourth-order valence-corrected chi connectivity index (χ4v) is 1.70. The van der Waals surface area contributed by atoms with E-state index in [-0.39, 0.29) is 18.0 Å². The Morgan fingerprint density at radius 2 is 2.06 bits per heavy atom. The Labute approximate surface area is 98.8 Å². The van der Waals surface area contributed by atoms with Gasteiger partial charge in [-0.2, -0.15) is 0 Å². The van der Waals surface area contributed by atoms with Gasteiger partial charge in [0.15, 0.2) is 0 Å². The molecule has 4 nitrogen and oxygen atoms in total. The number of cyclic esters (lactones) is 1. The van der Waals surface area contributed by atoms with Crippen molar-refractivity contribution in [1.29, 1.82) is 0 Å². The number of benzene rings is 1. The molecule has 4 heteroatoms. The van der Waals surface area contributed by atoms with Gasteiger partial charge in [-0.25, -0.2) is 9.59 Å². The molecule has 0 radical (unpaired) electrons. The van der Waals surface area contributed by atoms with Crippen molar-refractivity contribution in [2.75, 3.05) is 7.11 Å². The lowest BCUT2D eigenvalue weighted by Crippen LogP contribution is -2.02. The van der Waals surface area contributed by atoms with Crippen LogP contribution in [0, 0.1) is 0 Å². The molecule has 2 rings (SSSR count). The molecule has 0 spiro atoms. The van der Waals surface area contributed by atoms with Crippen LogP contribution in [-0.4, -0.2) is 19.0 Å². The van der Waals surface area contributed by atoms with E-state index in [2.05, 4.69) is 11.3 Å². The quantitative estimate of drug-likeness (QED) is 0.578. The summed E-state index contributed by atoms with van der Waals surface area (Å²) in [5.41, 5.74) is 1.80. The number of rotatable bonds is 2. The third-order valence-corrected chi connectivity index (χ3v) is 2.67. The molecule has 0 amide bonds. The smallest absolute Gasteiger partial charge is 0.337 e. The molecule has 0 aliphatic carbocycles. The molecule has 88 valence electrons. The van der Waals surface area contributed by atoms with Gasteiger partial charge in [0.1, 0.15) is 6.10 Å². The Hall–Kier alpha value is -2.10. The summed E-state index contributed by atoms with van der Waals surface area (Å²) in [7, 11) is 1.33. The van der Waals surface area contributed by atoms with Crippen molar-refractivity contribution in [2.24, 2.45) is 0 Å². The number of hydrogen-bond acceptors (Lipinski definition) is 4. The molecule has 1 fully saturated rings. The van der Waals surface area contributed by atoms with Crippen LogP contribution in [0.25, 0.3) is 0 Å². The highest BCUT2D eigenvalue weighted by Gasteiger charge is 2.28. The SMILES string of the molecule is C=C1CC(c2ccc(C(=O)OC)cc2)OC1=O. The van der Waals surface area contributed by atoms with Gasteiger partial charge >= 0.3 is 11.9 Å². The second-order valence-corrected chi connectivity index (χ2v) is 3.82. The lowest BCUT2D eigenvalue weighted by Gasteiger charge is -2.09. The van der Waals surface area contributed by atoms with Crippen molar-refractivity contribution in [2.45, 2.75) is 12.5 Å². The molecule has 0 bridgehead atoms. The molecule has 1 unspecified atom stereocenters. The Bertz CT molecular complexity index is 457. The molecule has 1 aromatic carbocycles. The van der Waals surface area contributed by atoms with E-state index < -0.39 is 0 Å². The maximum atomic E-state index is 11.2. The van der Waals surface area contributed by atoms with Crippen LogP contribution in [0.2, 0.25) is 0 Å². The first kappa shape index (κ1) is 11.4. The molecular weight excluding hydrogens is 220 g/mol. The average molecular weight is 232 g/mol. The molecule has 1 heterocycles. The van der Waals surface area contributed by atoms with Gasteiger partial charge in [0.05, 0.1) is 12.7 Å². The van der Waals surface area contributed by atoms with Gasteiger partial charge in [0.25, 0.3) is 0 Å². The van der Waals surface area contributed by atoms with Gasteiger partial charge in [0.2, 0.25) is 0 Å². The third-order valence-electron chi connectivity index (χ3n) is 2.67. The van der Waals surface area contributed by atoms with Crippen LogP contribution in [-0.2, 0) is 14.3 Å². The van der Waals surface area contributed by atoms with Crippen molar-refractivity contribution in [3.63, 3.8) is 0 Å². The van der Waals surface area contributed by atoms with Crippen LogP contribution in [0.15, 0.2) is 36.4 Å². The molecule has 1 aromatic rings.